The topological polar surface area (TPSA) is 46.5 Å². The van der Waals surface area contributed by atoms with Crippen LogP contribution in [-0.2, 0) is 0 Å². The number of rotatable bonds is 2. The zero-order valence-corrected chi connectivity index (χ0v) is 12.1. The molecule has 0 bridgehead atoms. The molecule has 110 valence electrons. The van der Waals surface area contributed by atoms with Crippen LogP contribution >= 0.6 is 23.7 Å². The summed E-state index contributed by atoms with van der Waals surface area (Å²) >= 11 is 1.20. The van der Waals surface area contributed by atoms with Crippen LogP contribution in [0.5, 0.6) is 5.75 Å². The Labute approximate surface area is 123 Å². The van der Waals surface area contributed by atoms with E-state index in [2.05, 4.69) is 20.0 Å². The van der Waals surface area contributed by atoms with Crippen molar-refractivity contribution in [2.75, 3.05) is 7.05 Å². The Kier molecular flexibility index (Phi) is 5.18. The van der Waals surface area contributed by atoms with Crippen LogP contribution in [0.3, 0.4) is 0 Å². The Morgan fingerprint density at radius 1 is 1.40 bits per heavy atom. The van der Waals surface area contributed by atoms with Crippen LogP contribution in [0.1, 0.15) is 6.92 Å². The van der Waals surface area contributed by atoms with Crippen LogP contribution < -0.4 is 10.1 Å². The number of amidine groups is 1. The highest BCUT2D eigenvalue weighted by molar-refractivity contribution is 7.22. The summed E-state index contributed by atoms with van der Waals surface area (Å²) in [5.74, 6) is 0.412. The van der Waals surface area contributed by atoms with Crippen molar-refractivity contribution >= 4 is 44.9 Å². The van der Waals surface area contributed by atoms with Crippen LogP contribution in [-0.4, -0.2) is 24.2 Å². The number of nitrogens with zero attached hydrogens (tertiary/aromatic N) is 2. The van der Waals surface area contributed by atoms with Gasteiger partial charge >= 0.3 is 6.36 Å². The quantitative estimate of drug-likeness (QED) is 0.673. The molecule has 0 saturated heterocycles. The molecular formula is C11H11ClF3N3OS. The second kappa shape index (κ2) is 6.27. The number of nitrogens with one attached hydrogen (secondary N) is 1. The molecule has 0 aliphatic rings. The number of aromatic nitrogens is 1. The van der Waals surface area contributed by atoms with Crippen LogP contribution in [0, 0.1) is 0 Å². The predicted molar refractivity (Wildman–Crippen MR) is 75.4 cm³/mol. The molecule has 20 heavy (non-hydrogen) atoms. The molecule has 0 atom stereocenters. The van der Waals surface area contributed by atoms with E-state index in [9.17, 15) is 13.2 Å². The number of hydrogen-bond acceptors (Lipinski definition) is 4. The van der Waals surface area contributed by atoms with E-state index in [-0.39, 0.29) is 18.2 Å². The van der Waals surface area contributed by atoms with Gasteiger partial charge in [-0.05, 0) is 19.1 Å². The molecule has 2 rings (SSSR count). The summed E-state index contributed by atoms with van der Waals surface area (Å²) in [6.07, 6.45) is -4.69. The maximum atomic E-state index is 12.1. The van der Waals surface area contributed by atoms with Crippen molar-refractivity contribution in [3.8, 4) is 5.75 Å². The lowest BCUT2D eigenvalue weighted by molar-refractivity contribution is -0.274. The van der Waals surface area contributed by atoms with E-state index in [1.54, 1.807) is 14.0 Å². The molecule has 0 unspecified atom stereocenters. The van der Waals surface area contributed by atoms with Gasteiger partial charge in [0.05, 0.1) is 10.2 Å². The minimum Gasteiger partial charge on any atom is -0.406 e. The number of fused-ring (bicyclic) bond motifs is 1. The van der Waals surface area contributed by atoms with Crippen molar-refractivity contribution in [2.45, 2.75) is 13.3 Å². The van der Waals surface area contributed by atoms with Crippen molar-refractivity contribution in [2.24, 2.45) is 4.99 Å². The second-order valence-corrected chi connectivity index (χ2v) is 4.63. The van der Waals surface area contributed by atoms with E-state index in [0.717, 1.165) is 0 Å². The third kappa shape index (κ3) is 4.24. The van der Waals surface area contributed by atoms with Gasteiger partial charge in [0, 0.05) is 13.1 Å². The SMILES string of the molecule is CN/C(C)=N/c1nc2ccc(OC(F)(F)F)cc2s1.Cl. The Balaban J connectivity index is 0.00000200. The van der Waals surface area contributed by atoms with Crippen LogP contribution in [0.25, 0.3) is 10.2 Å². The lowest BCUT2D eigenvalue weighted by atomic mass is 10.3. The van der Waals surface area contributed by atoms with Crippen molar-refractivity contribution in [1.82, 2.24) is 10.3 Å². The van der Waals surface area contributed by atoms with Crippen LogP contribution in [0.15, 0.2) is 23.2 Å². The molecule has 1 aromatic carbocycles. The first kappa shape index (κ1) is 16.5. The maximum Gasteiger partial charge on any atom is 0.573 e. The molecule has 0 saturated carbocycles. The molecule has 0 aliphatic carbocycles. The number of ether oxygens (including phenoxy) is 1. The maximum absolute atomic E-state index is 12.1. The molecule has 1 heterocycles. The monoisotopic (exact) mass is 325 g/mol. The summed E-state index contributed by atoms with van der Waals surface area (Å²) in [5, 5.41) is 3.32. The van der Waals surface area contributed by atoms with E-state index >= 15 is 0 Å². The highest BCUT2D eigenvalue weighted by atomic mass is 35.5. The molecule has 0 fully saturated rings. The summed E-state index contributed by atoms with van der Waals surface area (Å²) in [6, 6.07) is 4.00. The average molecular weight is 326 g/mol. The fraction of sp³-hybridized carbons (Fsp3) is 0.273. The minimum atomic E-state index is -4.69. The summed E-state index contributed by atoms with van der Waals surface area (Å²) < 4.78 is 40.7. The normalized spacial score (nSPS) is 12.2. The highest BCUT2D eigenvalue weighted by Crippen LogP contribution is 2.32. The standard InChI is InChI=1S/C11H10F3N3OS.ClH/c1-6(15-2)16-10-17-8-4-3-7(5-9(8)19-10)18-11(12,13)14;/h3-5H,1-2H3,(H,15,16,17);1H. The zero-order valence-electron chi connectivity index (χ0n) is 10.5. The van der Waals surface area contributed by atoms with E-state index < -0.39 is 6.36 Å². The number of hydrogen-bond donors (Lipinski definition) is 1. The Bertz CT molecular complexity index is 627. The first-order valence-corrected chi connectivity index (χ1v) is 6.08. The lowest BCUT2D eigenvalue weighted by Gasteiger charge is -2.07. The Morgan fingerprint density at radius 3 is 2.70 bits per heavy atom. The van der Waals surface area contributed by atoms with Gasteiger partial charge in [0.2, 0.25) is 5.13 Å². The highest BCUT2D eigenvalue weighted by Gasteiger charge is 2.31. The van der Waals surface area contributed by atoms with Gasteiger partial charge in [-0.25, -0.2) is 9.98 Å². The van der Waals surface area contributed by atoms with Crippen molar-refractivity contribution in [3.63, 3.8) is 0 Å². The van der Waals surface area contributed by atoms with Crippen LogP contribution in [0.2, 0.25) is 0 Å². The molecule has 9 heteroatoms. The number of thiazole rings is 1. The molecule has 2 aromatic rings. The van der Waals surface area contributed by atoms with Crippen molar-refractivity contribution in [1.29, 1.82) is 0 Å². The van der Waals surface area contributed by atoms with Gasteiger partial charge in [0.25, 0.3) is 0 Å². The minimum absolute atomic E-state index is 0. The molecular weight excluding hydrogens is 315 g/mol. The van der Waals surface area contributed by atoms with Gasteiger partial charge in [-0.3, -0.25) is 0 Å². The van der Waals surface area contributed by atoms with E-state index in [0.29, 0.717) is 21.2 Å². The molecule has 0 spiro atoms. The van der Waals surface area contributed by atoms with Gasteiger partial charge in [0.1, 0.15) is 11.6 Å². The van der Waals surface area contributed by atoms with Gasteiger partial charge < -0.3 is 10.1 Å². The largest absolute Gasteiger partial charge is 0.573 e. The van der Waals surface area contributed by atoms with Gasteiger partial charge in [-0.2, -0.15) is 0 Å². The number of halogens is 4. The predicted octanol–water partition coefficient (Wildman–Crippen LogP) is 3.89. The van der Waals surface area contributed by atoms with E-state index in [1.807, 2.05) is 0 Å². The first-order chi connectivity index (χ1) is 8.87. The summed E-state index contributed by atoms with van der Waals surface area (Å²) in [5.41, 5.74) is 0.585. The molecule has 0 amide bonds. The fourth-order valence-electron chi connectivity index (χ4n) is 1.34. The average Bonchev–Trinajstić information content (AvgIpc) is 2.68. The second-order valence-electron chi connectivity index (χ2n) is 3.62. The van der Waals surface area contributed by atoms with Gasteiger partial charge in [-0.1, -0.05) is 11.3 Å². The molecule has 1 aromatic heterocycles. The molecule has 0 radical (unpaired) electrons. The Morgan fingerprint density at radius 2 is 2.10 bits per heavy atom. The van der Waals surface area contributed by atoms with E-state index in [4.69, 9.17) is 0 Å². The third-order valence-corrected chi connectivity index (χ3v) is 3.12. The summed E-state index contributed by atoms with van der Waals surface area (Å²) in [4.78, 5) is 8.36. The molecule has 0 aliphatic heterocycles. The van der Waals surface area contributed by atoms with Crippen molar-refractivity contribution in [3.05, 3.63) is 18.2 Å². The first-order valence-electron chi connectivity index (χ1n) is 5.27. The zero-order chi connectivity index (χ0) is 14.0. The summed E-state index contributed by atoms with van der Waals surface area (Å²) in [6.45, 7) is 1.77. The van der Waals surface area contributed by atoms with E-state index in [1.165, 1.54) is 29.5 Å². The van der Waals surface area contributed by atoms with Crippen LogP contribution in [0.4, 0.5) is 18.3 Å². The number of alkyl halides is 3. The fourth-order valence-corrected chi connectivity index (χ4v) is 2.25. The Hall–Kier alpha value is -1.54. The van der Waals surface area contributed by atoms with Gasteiger partial charge in [-0.15, -0.1) is 25.6 Å². The van der Waals surface area contributed by atoms with Gasteiger partial charge in [0.15, 0.2) is 0 Å². The summed E-state index contributed by atoms with van der Waals surface area (Å²) in [7, 11) is 1.72. The third-order valence-electron chi connectivity index (χ3n) is 2.21. The number of benzene rings is 1. The molecule has 4 nitrogen and oxygen atoms in total. The lowest BCUT2D eigenvalue weighted by Crippen LogP contribution is -2.16. The number of aliphatic imine (C=N–C) groups is 1. The van der Waals surface area contributed by atoms with Crippen molar-refractivity contribution < 1.29 is 17.9 Å². The smallest absolute Gasteiger partial charge is 0.406 e. The molecule has 1 N–H and O–H groups in total.